The van der Waals surface area contributed by atoms with Gasteiger partial charge in [0.2, 0.25) is 0 Å². The van der Waals surface area contributed by atoms with Crippen molar-refractivity contribution in [3.8, 4) is 0 Å². The quantitative estimate of drug-likeness (QED) is 0.878. The molecule has 1 aliphatic rings. The van der Waals surface area contributed by atoms with E-state index >= 15 is 0 Å². The van der Waals surface area contributed by atoms with Crippen LogP contribution in [0.25, 0.3) is 0 Å². The topological polar surface area (TPSA) is 54.5 Å². The molecule has 25 heavy (non-hydrogen) atoms. The first-order valence-electron chi connectivity index (χ1n) is 8.95. The summed E-state index contributed by atoms with van der Waals surface area (Å²) in [6.45, 7) is 3.92. The number of likely N-dealkylation sites (tertiary alicyclic amines) is 1. The molecular weight excluding hydrogens is 314 g/mol. The Morgan fingerprint density at radius 2 is 2.08 bits per heavy atom. The Labute approximate surface area is 149 Å². The van der Waals surface area contributed by atoms with Gasteiger partial charge >= 0.3 is 6.09 Å². The summed E-state index contributed by atoms with van der Waals surface area (Å²) in [6, 6.07) is 13.8. The fourth-order valence-electron chi connectivity index (χ4n) is 3.19. The number of amides is 1. The normalized spacial score (nSPS) is 17.2. The lowest BCUT2D eigenvalue weighted by Crippen LogP contribution is -2.38. The first kappa shape index (κ1) is 17.3. The molecule has 1 amide bonds. The van der Waals surface area contributed by atoms with Gasteiger partial charge in [0.25, 0.3) is 0 Å². The second-order valence-corrected chi connectivity index (χ2v) is 6.25. The molecular formula is C20H25N3O2. The van der Waals surface area contributed by atoms with E-state index in [9.17, 15) is 4.79 Å². The van der Waals surface area contributed by atoms with Gasteiger partial charge in [0.1, 0.15) is 12.4 Å². The van der Waals surface area contributed by atoms with E-state index in [0.29, 0.717) is 6.61 Å². The second-order valence-electron chi connectivity index (χ2n) is 6.25. The van der Waals surface area contributed by atoms with Crippen LogP contribution in [0, 0.1) is 0 Å². The Kier molecular flexibility index (Phi) is 5.88. The van der Waals surface area contributed by atoms with Gasteiger partial charge in [-0.2, -0.15) is 0 Å². The number of carbonyl (C=O) groups is 1. The number of ether oxygens (including phenoxy) is 1. The van der Waals surface area contributed by atoms with Gasteiger partial charge in [-0.15, -0.1) is 0 Å². The molecule has 0 bridgehead atoms. The molecule has 1 aromatic heterocycles. The van der Waals surface area contributed by atoms with E-state index in [1.165, 1.54) is 0 Å². The maximum atomic E-state index is 12.6. The Morgan fingerprint density at radius 1 is 1.24 bits per heavy atom. The molecule has 1 N–H and O–H groups in total. The highest BCUT2D eigenvalue weighted by Crippen LogP contribution is 2.31. The van der Waals surface area contributed by atoms with E-state index in [-0.39, 0.29) is 12.1 Å². The first-order chi connectivity index (χ1) is 12.3. The van der Waals surface area contributed by atoms with E-state index < -0.39 is 0 Å². The van der Waals surface area contributed by atoms with Gasteiger partial charge in [0, 0.05) is 19.3 Å². The Hall–Kier alpha value is -2.56. The van der Waals surface area contributed by atoms with Gasteiger partial charge in [-0.25, -0.2) is 9.78 Å². The third-order valence-electron chi connectivity index (χ3n) is 4.47. The van der Waals surface area contributed by atoms with Crippen molar-refractivity contribution in [2.24, 2.45) is 0 Å². The fourth-order valence-corrected chi connectivity index (χ4v) is 3.19. The van der Waals surface area contributed by atoms with E-state index in [1.807, 2.05) is 54.4 Å². The highest BCUT2D eigenvalue weighted by atomic mass is 16.6. The molecule has 2 heterocycles. The maximum absolute atomic E-state index is 12.6. The molecule has 132 valence electrons. The zero-order valence-corrected chi connectivity index (χ0v) is 14.6. The lowest BCUT2D eigenvalue weighted by atomic mass is 9.97. The van der Waals surface area contributed by atoms with Crippen molar-refractivity contribution >= 4 is 11.9 Å². The monoisotopic (exact) mass is 339 g/mol. The van der Waals surface area contributed by atoms with E-state index in [1.54, 1.807) is 0 Å². The summed E-state index contributed by atoms with van der Waals surface area (Å²) in [5, 5.41) is 3.19. The predicted molar refractivity (Wildman–Crippen MR) is 98.3 cm³/mol. The minimum absolute atomic E-state index is 0.0419. The average molecular weight is 339 g/mol. The van der Waals surface area contributed by atoms with Gasteiger partial charge in [0.15, 0.2) is 0 Å². The highest BCUT2D eigenvalue weighted by Gasteiger charge is 2.29. The minimum Gasteiger partial charge on any atom is -0.445 e. The van der Waals surface area contributed by atoms with Crippen molar-refractivity contribution in [2.75, 3.05) is 18.4 Å². The number of anilines is 1. The number of benzene rings is 1. The highest BCUT2D eigenvalue weighted by molar-refractivity contribution is 5.68. The Morgan fingerprint density at radius 3 is 2.80 bits per heavy atom. The van der Waals surface area contributed by atoms with Crippen LogP contribution in [-0.4, -0.2) is 29.1 Å². The van der Waals surface area contributed by atoms with Crippen molar-refractivity contribution in [3.05, 3.63) is 59.8 Å². The molecule has 2 aromatic rings. The number of hydrogen-bond donors (Lipinski definition) is 1. The lowest BCUT2D eigenvalue weighted by molar-refractivity contribution is 0.0678. The fraction of sp³-hybridized carbons (Fsp3) is 0.400. The van der Waals surface area contributed by atoms with Crippen LogP contribution in [0.3, 0.4) is 0 Å². The second kappa shape index (κ2) is 8.51. The predicted octanol–water partition coefficient (Wildman–Crippen LogP) is 4.38. The molecule has 0 aliphatic carbocycles. The molecule has 1 saturated heterocycles. The van der Waals surface area contributed by atoms with Crippen molar-refractivity contribution in [2.45, 2.75) is 38.8 Å². The zero-order chi connectivity index (χ0) is 17.5. The van der Waals surface area contributed by atoms with Crippen molar-refractivity contribution in [1.82, 2.24) is 9.88 Å². The molecule has 5 nitrogen and oxygen atoms in total. The molecule has 1 atom stereocenters. The molecule has 1 unspecified atom stereocenters. The largest absolute Gasteiger partial charge is 0.445 e. The number of nitrogens with one attached hydrogen (secondary N) is 1. The van der Waals surface area contributed by atoms with Crippen LogP contribution in [0.1, 0.15) is 43.4 Å². The number of carbonyl (C=O) groups excluding carboxylic acids is 1. The van der Waals surface area contributed by atoms with Crippen LogP contribution < -0.4 is 5.32 Å². The van der Waals surface area contributed by atoms with Crippen molar-refractivity contribution < 1.29 is 9.53 Å². The summed E-state index contributed by atoms with van der Waals surface area (Å²) in [6.07, 6.45) is 4.69. The molecule has 0 radical (unpaired) electrons. The summed E-state index contributed by atoms with van der Waals surface area (Å²) in [5.41, 5.74) is 2.07. The number of rotatable bonds is 5. The summed E-state index contributed by atoms with van der Waals surface area (Å²) in [7, 11) is 0. The third kappa shape index (κ3) is 4.50. The van der Waals surface area contributed by atoms with Crippen LogP contribution in [0.5, 0.6) is 0 Å². The summed E-state index contributed by atoms with van der Waals surface area (Å²) < 4.78 is 5.54. The smallest absolute Gasteiger partial charge is 0.410 e. The van der Waals surface area contributed by atoms with Gasteiger partial charge in [-0.3, -0.25) is 0 Å². The molecule has 3 rings (SSSR count). The van der Waals surface area contributed by atoms with Gasteiger partial charge < -0.3 is 15.0 Å². The molecule has 5 heteroatoms. The Bertz CT molecular complexity index is 673. The molecule has 0 saturated carbocycles. The summed E-state index contributed by atoms with van der Waals surface area (Å²) in [5.74, 6) is 0.861. The number of nitrogens with zero attached hydrogens (tertiary/aromatic N) is 2. The van der Waals surface area contributed by atoms with E-state index in [2.05, 4.69) is 16.4 Å². The molecule has 1 fully saturated rings. The van der Waals surface area contributed by atoms with E-state index in [0.717, 1.165) is 49.3 Å². The van der Waals surface area contributed by atoms with Crippen LogP contribution >= 0.6 is 0 Å². The van der Waals surface area contributed by atoms with Gasteiger partial charge in [-0.1, -0.05) is 36.4 Å². The minimum atomic E-state index is -0.246. The zero-order valence-electron chi connectivity index (χ0n) is 14.6. The maximum Gasteiger partial charge on any atom is 0.410 e. The van der Waals surface area contributed by atoms with Gasteiger partial charge in [0.05, 0.1) is 6.04 Å². The third-order valence-corrected chi connectivity index (χ3v) is 4.47. The average Bonchev–Trinajstić information content (AvgIpc) is 2.68. The number of pyridine rings is 1. The van der Waals surface area contributed by atoms with Crippen LogP contribution in [0.2, 0.25) is 0 Å². The summed E-state index contributed by atoms with van der Waals surface area (Å²) in [4.78, 5) is 18.9. The Balaban J connectivity index is 1.66. The van der Waals surface area contributed by atoms with E-state index in [4.69, 9.17) is 4.74 Å². The van der Waals surface area contributed by atoms with Crippen LogP contribution in [0.4, 0.5) is 10.6 Å². The first-order valence-corrected chi connectivity index (χ1v) is 8.95. The number of hydrogen-bond acceptors (Lipinski definition) is 4. The summed E-state index contributed by atoms with van der Waals surface area (Å²) >= 11 is 0. The standard InChI is InChI=1S/C20H25N3O2/c1-2-21-19-12-11-17(14-22-19)18-10-6-7-13-23(18)20(24)25-15-16-8-4-3-5-9-16/h3-5,8-9,11-12,14,18H,2,6-7,10,13,15H2,1H3,(H,21,22). The van der Waals surface area contributed by atoms with Crippen LogP contribution in [-0.2, 0) is 11.3 Å². The molecule has 0 spiro atoms. The molecule has 1 aromatic carbocycles. The number of piperidine rings is 1. The SMILES string of the molecule is CCNc1ccc(C2CCCCN2C(=O)OCc2ccccc2)cn1. The molecule has 1 aliphatic heterocycles. The van der Waals surface area contributed by atoms with Crippen molar-refractivity contribution in [3.63, 3.8) is 0 Å². The lowest BCUT2D eigenvalue weighted by Gasteiger charge is -2.35. The number of aromatic nitrogens is 1. The van der Waals surface area contributed by atoms with Crippen molar-refractivity contribution in [1.29, 1.82) is 0 Å². The van der Waals surface area contributed by atoms with Crippen LogP contribution in [0.15, 0.2) is 48.7 Å². The van der Waals surface area contributed by atoms with Gasteiger partial charge in [-0.05, 0) is 43.4 Å².